The van der Waals surface area contributed by atoms with Crippen molar-refractivity contribution >= 4 is 7.14 Å². The van der Waals surface area contributed by atoms with E-state index in [0.717, 1.165) is 0 Å². The summed E-state index contributed by atoms with van der Waals surface area (Å²) in [5.41, 5.74) is 0. The molecule has 0 rings (SSSR count). The standard InChI is InChI=1S/C5H11O3P/c1-2-3-9(8,4-6)5-7/h2,6-7H,1,3-5H2. The SMILES string of the molecule is C=CCP(=O)(CO)CO. The van der Waals surface area contributed by atoms with Crippen LogP contribution >= 0.6 is 7.14 Å². The molecule has 0 unspecified atom stereocenters. The molecule has 0 aromatic heterocycles. The zero-order valence-electron chi connectivity index (χ0n) is 5.16. The number of hydrogen-bond donors (Lipinski definition) is 2. The van der Waals surface area contributed by atoms with Crippen LogP contribution in [0.25, 0.3) is 0 Å². The average molecular weight is 150 g/mol. The Kier molecular flexibility index (Phi) is 3.78. The zero-order chi connectivity index (χ0) is 7.33. The molecule has 0 spiro atoms. The van der Waals surface area contributed by atoms with Gasteiger partial charge in [0, 0.05) is 6.16 Å². The molecule has 9 heavy (non-hydrogen) atoms. The van der Waals surface area contributed by atoms with Crippen molar-refractivity contribution in [2.24, 2.45) is 0 Å². The summed E-state index contributed by atoms with van der Waals surface area (Å²) < 4.78 is 11.0. The van der Waals surface area contributed by atoms with Crippen LogP contribution in [0.2, 0.25) is 0 Å². The zero-order valence-corrected chi connectivity index (χ0v) is 6.05. The van der Waals surface area contributed by atoms with Gasteiger partial charge in [-0.25, -0.2) is 0 Å². The van der Waals surface area contributed by atoms with Gasteiger partial charge in [-0.15, -0.1) is 6.58 Å². The highest BCUT2D eigenvalue weighted by atomic mass is 31.2. The second-order valence-electron chi connectivity index (χ2n) is 1.81. The molecule has 0 amide bonds. The van der Waals surface area contributed by atoms with E-state index in [9.17, 15) is 4.57 Å². The summed E-state index contributed by atoms with van der Waals surface area (Å²) in [5, 5.41) is 16.9. The highest BCUT2D eigenvalue weighted by molar-refractivity contribution is 7.63. The summed E-state index contributed by atoms with van der Waals surface area (Å²) in [6, 6.07) is 0. The Morgan fingerprint density at radius 1 is 1.44 bits per heavy atom. The molecule has 0 atom stereocenters. The van der Waals surface area contributed by atoms with Crippen LogP contribution < -0.4 is 0 Å². The van der Waals surface area contributed by atoms with Crippen LogP contribution in [0.5, 0.6) is 0 Å². The second-order valence-corrected chi connectivity index (χ2v) is 4.86. The lowest BCUT2D eigenvalue weighted by atomic mass is 10.8. The van der Waals surface area contributed by atoms with E-state index < -0.39 is 19.8 Å². The first kappa shape index (κ1) is 8.89. The molecule has 2 N–H and O–H groups in total. The second kappa shape index (κ2) is 3.83. The van der Waals surface area contributed by atoms with E-state index in [1.165, 1.54) is 6.08 Å². The molecular weight excluding hydrogens is 139 g/mol. The van der Waals surface area contributed by atoms with Gasteiger partial charge in [-0.3, -0.25) is 0 Å². The summed E-state index contributed by atoms with van der Waals surface area (Å²) in [6.45, 7) is 3.35. The predicted octanol–water partition coefficient (Wildman–Crippen LogP) is 0.435. The third-order valence-electron chi connectivity index (χ3n) is 0.977. The number of aliphatic hydroxyl groups excluding tert-OH is 2. The van der Waals surface area contributed by atoms with Crippen LogP contribution in [-0.4, -0.2) is 29.1 Å². The lowest BCUT2D eigenvalue weighted by Crippen LogP contribution is -1.96. The summed E-state index contributed by atoms with van der Waals surface area (Å²) in [5.74, 6) is 0. The molecule has 0 heterocycles. The van der Waals surface area contributed by atoms with Crippen LogP contribution in [0.4, 0.5) is 0 Å². The number of allylic oxidation sites excluding steroid dienone is 1. The Bertz CT molecular complexity index is 124. The Balaban J connectivity index is 3.93. The largest absolute Gasteiger partial charge is 0.389 e. The Morgan fingerprint density at radius 3 is 2.00 bits per heavy atom. The number of hydrogen-bond acceptors (Lipinski definition) is 3. The van der Waals surface area contributed by atoms with Gasteiger partial charge in [0.1, 0.15) is 7.14 Å². The molecular formula is C5H11O3P. The van der Waals surface area contributed by atoms with Gasteiger partial charge in [0.2, 0.25) is 0 Å². The van der Waals surface area contributed by atoms with Crippen LogP contribution in [0.3, 0.4) is 0 Å². The first-order valence-corrected chi connectivity index (χ1v) is 4.84. The normalized spacial score (nSPS) is 11.3. The number of rotatable bonds is 4. The van der Waals surface area contributed by atoms with Crippen molar-refractivity contribution in [1.29, 1.82) is 0 Å². The maximum Gasteiger partial charge on any atom is 0.139 e. The third-order valence-corrected chi connectivity index (χ3v) is 2.93. The number of aliphatic hydroxyl groups is 2. The van der Waals surface area contributed by atoms with Crippen molar-refractivity contribution in [2.75, 3.05) is 18.9 Å². The van der Waals surface area contributed by atoms with E-state index in [2.05, 4.69) is 6.58 Å². The Hall–Kier alpha value is -0.110. The maximum atomic E-state index is 11.0. The van der Waals surface area contributed by atoms with Gasteiger partial charge in [0.25, 0.3) is 0 Å². The van der Waals surface area contributed by atoms with Crippen LogP contribution in [0, 0.1) is 0 Å². The molecule has 0 aliphatic rings. The fourth-order valence-corrected chi connectivity index (χ4v) is 1.19. The highest BCUT2D eigenvalue weighted by Gasteiger charge is 2.16. The summed E-state index contributed by atoms with van der Waals surface area (Å²) in [4.78, 5) is 0. The predicted molar refractivity (Wildman–Crippen MR) is 36.8 cm³/mol. The molecule has 3 nitrogen and oxygen atoms in total. The molecule has 0 radical (unpaired) electrons. The Morgan fingerprint density at radius 2 is 1.89 bits per heavy atom. The molecule has 0 aliphatic carbocycles. The van der Waals surface area contributed by atoms with Gasteiger partial charge >= 0.3 is 0 Å². The molecule has 0 aromatic rings. The summed E-state index contributed by atoms with van der Waals surface area (Å²) in [7, 11) is -2.69. The first-order chi connectivity index (χ1) is 4.18. The monoisotopic (exact) mass is 150 g/mol. The summed E-state index contributed by atoms with van der Waals surface area (Å²) >= 11 is 0. The van der Waals surface area contributed by atoms with E-state index in [0.29, 0.717) is 0 Å². The molecule has 4 heteroatoms. The van der Waals surface area contributed by atoms with Gasteiger partial charge in [0.05, 0.1) is 12.7 Å². The molecule has 0 bridgehead atoms. The minimum absolute atomic E-state index is 0.208. The lowest BCUT2D eigenvalue weighted by Gasteiger charge is -2.07. The smallest absolute Gasteiger partial charge is 0.139 e. The van der Waals surface area contributed by atoms with Gasteiger partial charge in [-0.2, -0.15) is 0 Å². The van der Waals surface area contributed by atoms with Crippen molar-refractivity contribution in [3.63, 3.8) is 0 Å². The molecule has 54 valence electrons. The van der Waals surface area contributed by atoms with E-state index in [4.69, 9.17) is 10.2 Å². The van der Waals surface area contributed by atoms with Crippen molar-refractivity contribution in [3.8, 4) is 0 Å². The molecule has 0 aliphatic heterocycles. The van der Waals surface area contributed by atoms with E-state index in [-0.39, 0.29) is 6.16 Å². The van der Waals surface area contributed by atoms with Crippen molar-refractivity contribution < 1.29 is 14.8 Å². The average Bonchev–Trinajstić information content (AvgIpc) is 1.89. The van der Waals surface area contributed by atoms with Crippen molar-refractivity contribution in [3.05, 3.63) is 12.7 Å². The van der Waals surface area contributed by atoms with Crippen LogP contribution in [0.15, 0.2) is 12.7 Å². The quantitative estimate of drug-likeness (QED) is 0.451. The van der Waals surface area contributed by atoms with Crippen molar-refractivity contribution in [2.45, 2.75) is 0 Å². The maximum absolute atomic E-state index is 11.0. The van der Waals surface area contributed by atoms with Gasteiger partial charge < -0.3 is 14.8 Å². The van der Waals surface area contributed by atoms with Gasteiger partial charge in [-0.1, -0.05) is 6.08 Å². The first-order valence-electron chi connectivity index (χ1n) is 2.58. The fraction of sp³-hybridized carbons (Fsp3) is 0.600. The molecule has 0 saturated heterocycles. The van der Waals surface area contributed by atoms with E-state index in [1.54, 1.807) is 0 Å². The molecule has 0 saturated carbocycles. The third kappa shape index (κ3) is 2.80. The lowest BCUT2D eigenvalue weighted by molar-refractivity contribution is 0.325. The summed E-state index contributed by atoms with van der Waals surface area (Å²) in [6.07, 6.45) is 0.776. The Labute approximate surface area is 54.4 Å². The van der Waals surface area contributed by atoms with E-state index >= 15 is 0 Å². The molecule has 0 fully saturated rings. The van der Waals surface area contributed by atoms with Gasteiger partial charge in [0.15, 0.2) is 0 Å². The highest BCUT2D eigenvalue weighted by Crippen LogP contribution is 2.42. The van der Waals surface area contributed by atoms with Crippen LogP contribution in [0.1, 0.15) is 0 Å². The minimum Gasteiger partial charge on any atom is -0.389 e. The van der Waals surface area contributed by atoms with Crippen molar-refractivity contribution in [1.82, 2.24) is 0 Å². The topological polar surface area (TPSA) is 57.5 Å². The van der Waals surface area contributed by atoms with E-state index in [1.807, 2.05) is 0 Å². The minimum atomic E-state index is -2.69. The van der Waals surface area contributed by atoms with Gasteiger partial charge in [-0.05, 0) is 0 Å². The fourth-order valence-electron chi connectivity index (χ4n) is 0.395. The molecule has 0 aromatic carbocycles. The van der Waals surface area contributed by atoms with Crippen LogP contribution in [-0.2, 0) is 4.57 Å².